The van der Waals surface area contributed by atoms with Gasteiger partial charge >= 0.3 is 0 Å². The van der Waals surface area contributed by atoms with Gasteiger partial charge in [-0.15, -0.1) is 0 Å². The van der Waals surface area contributed by atoms with E-state index in [-0.39, 0.29) is 18.3 Å². The second kappa shape index (κ2) is 10.9. The highest BCUT2D eigenvalue weighted by Crippen LogP contribution is 2.29. The van der Waals surface area contributed by atoms with E-state index in [0.717, 1.165) is 0 Å². The number of amides is 1. The Labute approximate surface area is 185 Å². The van der Waals surface area contributed by atoms with Gasteiger partial charge < -0.3 is 19.5 Å². The molecule has 3 aromatic rings. The van der Waals surface area contributed by atoms with Gasteiger partial charge in [-0.2, -0.15) is 0 Å². The Bertz CT molecular complexity index is 1060. The number of ketones is 1. The van der Waals surface area contributed by atoms with Crippen LogP contribution in [0, 0.1) is 5.82 Å². The Hall–Kier alpha value is -3.87. The fraction of sp³-hybridized carbons (Fsp3) is 0.200. The molecule has 3 rings (SSSR count). The normalized spacial score (nSPS) is 10.3. The predicted molar refractivity (Wildman–Crippen MR) is 119 cm³/mol. The SMILES string of the molecule is CCOc1ccc(OCC)c(NC(=O)COc2ccc(C(=O)c3ccc(F)cc3)cc2)c1. The Morgan fingerprint density at radius 3 is 2.00 bits per heavy atom. The molecule has 6 nitrogen and oxygen atoms in total. The smallest absolute Gasteiger partial charge is 0.262 e. The first-order chi connectivity index (χ1) is 15.5. The lowest BCUT2D eigenvalue weighted by molar-refractivity contribution is -0.118. The van der Waals surface area contributed by atoms with Crippen molar-refractivity contribution in [3.8, 4) is 17.2 Å². The molecule has 0 fully saturated rings. The summed E-state index contributed by atoms with van der Waals surface area (Å²) in [5.74, 6) is 0.588. The van der Waals surface area contributed by atoms with Crippen molar-refractivity contribution in [1.82, 2.24) is 0 Å². The van der Waals surface area contributed by atoms with Gasteiger partial charge in [0.25, 0.3) is 5.91 Å². The summed E-state index contributed by atoms with van der Waals surface area (Å²) in [5.41, 5.74) is 1.31. The summed E-state index contributed by atoms with van der Waals surface area (Å²) < 4.78 is 29.6. The van der Waals surface area contributed by atoms with Crippen molar-refractivity contribution in [3.05, 3.63) is 83.7 Å². The van der Waals surface area contributed by atoms with E-state index in [0.29, 0.717) is 47.3 Å². The summed E-state index contributed by atoms with van der Waals surface area (Å²) in [4.78, 5) is 24.8. The molecule has 0 aliphatic carbocycles. The third-order valence-electron chi connectivity index (χ3n) is 4.43. The minimum absolute atomic E-state index is 0.227. The van der Waals surface area contributed by atoms with E-state index in [1.54, 1.807) is 42.5 Å². The Morgan fingerprint density at radius 2 is 1.38 bits per heavy atom. The molecule has 1 amide bonds. The van der Waals surface area contributed by atoms with Crippen LogP contribution in [0.15, 0.2) is 66.7 Å². The maximum atomic E-state index is 13.0. The number of ether oxygens (including phenoxy) is 3. The standard InChI is InChI=1S/C25H24FNO5/c1-3-30-21-13-14-23(31-4-2)22(15-21)27-24(28)16-32-20-11-7-18(8-12-20)25(29)17-5-9-19(26)10-6-17/h5-15H,3-4,16H2,1-2H3,(H,27,28). The quantitative estimate of drug-likeness (QED) is 0.458. The van der Waals surface area contributed by atoms with Crippen molar-refractivity contribution in [2.24, 2.45) is 0 Å². The fourth-order valence-corrected chi connectivity index (χ4v) is 2.95. The summed E-state index contributed by atoms with van der Waals surface area (Å²) in [6.45, 7) is 4.47. The number of carbonyl (C=O) groups excluding carboxylic acids is 2. The van der Waals surface area contributed by atoms with Crippen LogP contribution in [0.25, 0.3) is 0 Å². The number of halogens is 1. The van der Waals surface area contributed by atoms with Crippen molar-refractivity contribution in [3.63, 3.8) is 0 Å². The van der Waals surface area contributed by atoms with Gasteiger partial charge in [-0.05, 0) is 74.5 Å². The van der Waals surface area contributed by atoms with Gasteiger partial charge in [0.2, 0.25) is 0 Å². The number of hydrogen-bond donors (Lipinski definition) is 1. The summed E-state index contributed by atoms with van der Waals surface area (Å²) in [7, 11) is 0. The van der Waals surface area contributed by atoms with Crippen molar-refractivity contribution in [2.45, 2.75) is 13.8 Å². The average Bonchev–Trinajstić information content (AvgIpc) is 2.80. The molecule has 0 bridgehead atoms. The molecule has 0 aromatic heterocycles. The van der Waals surface area contributed by atoms with Gasteiger partial charge in [0, 0.05) is 17.2 Å². The van der Waals surface area contributed by atoms with Crippen LogP contribution in [0.5, 0.6) is 17.2 Å². The predicted octanol–water partition coefficient (Wildman–Crippen LogP) is 4.87. The van der Waals surface area contributed by atoms with Gasteiger partial charge in [-0.3, -0.25) is 9.59 Å². The molecule has 0 heterocycles. The molecule has 1 N–H and O–H groups in total. The van der Waals surface area contributed by atoms with Crippen LogP contribution in [0.3, 0.4) is 0 Å². The Morgan fingerprint density at radius 1 is 0.781 bits per heavy atom. The Balaban J connectivity index is 1.60. The van der Waals surface area contributed by atoms with Crippen molar-refractivity contribution in [1.29, 1.82) is 0 Å². The van der Waals surface area contributed by atoms with E-state index in [2.05, 4.69) is 5.32 Å². The van der Waals surface area contributed by atoms with Crippen LogP contribution in [-0.4, -0.2) is 31.5 Å². The maximum Gasteiger partial charge on any atom is 0.262 e. The molecule has 0 radical (unpaired) electrons. The molecule has 0 spiro atoms. The third-order valence-corrected chi connectivity index (χ3v) is 4.43. The van der Waals surface area contributed by atoms with Crippen LogP contribution >= 0.6 is 0 Å². The van der Waals surface area contributed by atoms with Gasteiger partial charge in [-0.1, -0.05) is 0 Å². The summed E-state index contributed by atoms with van der Waals surface area (Å²) in [5, 5.41) is 2.77. The molecule has 3 aromatic carbocycles. The molecule has 0 atom stereocenters. The zero-order valence-electron chi connectivity index (χ0n) is 17.9. The van der Waals surface area contributed by atoms with Gasteiger partial charge in [0.15, 0.2) is 12.4 Å². The van der Waals surface area contributed by atoms with Crippen LogP contribution < -0.4 is 19.5 Å². The highest BCUT2D eigenvalue weighted by atomic mass is 19.1. The van der Waals surface area contributed by atoms with Crippen LogP contribution in [0.2, 0.25) is 0 Å². The minimum Gasteiger partial charge on any atom is -0.494 e. The van der Waals surface area contributed by atoms with Gasteiger partial charge in [0.1, 0.15) is 23.1 Å². The number of rotatable bonds is 10. The van der Waals surface area contributed by atoms with Crippen LogP contribution in [0.4, 0.5) is 10.1 Å². The highest BCUT2D eigenvalue weighted by Gasteiger charge is 2.12. The zero-order chi connectivity index (χ0) is 22.9. The van der Waals surface area contributed by atoms with Crippen molar-refractivity contribution in [2.75, 3.05) is 25.1 Å². The number of benzene rings is 3. The lowest BCUT2D eigenvalue weighted by Gasteiger charge is -2.14. The second-order valence-corrected chi connectivity index (χ2v) is 6.72. The maximum absolute atomic E-state index is 13.0. The van der Waals surface area contributed by atoms with Crippen molar-refractivity contribution >= 4 is 17.4 Å². The molecular formula is C25H24FNO5. The molecule has 0 saturated heterocycles. The molecular weight excluding hydrogens is 413 g/mol. The zero-order valence-corrected chi connectivity index (χ0v) is 17.9. The molecule has 0 aliphatic heterocycles. The van der Waals surface area contributed by atoms with E-state index < -0.39 is 5.82 Å². The monoisotopic (exact) mass is 437 g/mol. The fourth-order valence-electron chi connectivity index (χ4n) is 2.95. The van der Waals surface area contributed by atoms with Gasteiger partial charge in [-0.25, -0.2) is 4.39 Å². The lowest BCUT2D eigenvalue weighted by Crippen LogP contribution is -2.20. The van der Waals surface area contributed by atoms with Crippen LogP contribution in [-0.2, 0) is 4.79 Å². The lowest BCUT2D eigenvalue weighted by atomic mass is 10.0. The molecule has 32 heavy (non-hydrogen) atoms. The molecule has 0 saturated carbocycles. The summed E-state index contributed by atoms with van der Waals surface area (Å²) in [6.07, 6.45) is 0. The topological polar surface area (TPSA) is 73.9 Å². The van der Waals surface area contributed by atoms with Crippen LogP contribution in [0.1, 0.15) is 29.8 Å². The van der Waals surface area contributed by atoms with E-state index in [1.165, 1.54) is 24.3 Å². The molecule has 0 aliphatic rings. The first-order valence-electron chi connectivity index (χ1n) is 10.2. The van der Waals surface area contributed by atoms with Crippen molar-refractivity contribution < 1.29 is 28.2 Å². The van der Waals surface area contributed by atoms with Gasteiger partial charge in [0.05, 0.1) is 18.9 Å². The number of nitrogens with one attached hydrogen (secondary N) is 1. The van der Waals surface area contributed by atoms with E-state index >= 15 is 0 Å². The first kappa shape index (κ1) is 22.8. The highest BCUT2D eigenvalue weighted by molar-refractivity contribution is 6.09. The molecule has 166 valence electrons. The second-order valence-electron chi connectivity index (χ2n) is 6.72. The number of hydrogen-bond acceptors (Lipinski definition) is 5. The average molecular weight is 437 g/mol. The van der Waals surface area contributed by atoms with E-state index in [1.807, 2.05) is 13.8 Å². The molecule has 7 heteroatoms. The number of carbonyl (C=O) groups is 2. The molecule has 0 unspecified atom stereocenters. The van der Waals surface area contributed by atoms with E-state index in [9.17, 15) is 14.0 Å². The first-order valence-corrected chi connectivity index (χ1v) is 10.2. The largest absolute Gasteiger partial charge is 0.494 e. The summed E-state index contributed by atoms with van der Waals surface area (Å²) >= 11 is 0. The Kier molecular flexibility index (Phi) is 7.80. The van der Waals surface area contributed by atoms with E-state index in [4.69, 9.17) is 14.2 Å². The number of anilines is 1. The third kappa shape index (κ3) is 6.07. The minimum atomic E-state index is -0.401. The summed E-state index contributed by atoms with van der Waals surface area (Å²) in [6, 6.07) is 17.0.